The van der Waals surface area contributed by atoms with Crippen LogP contribution in [0.4, 0.5) is 0 Å². The SMILES string of the molecule is [F-].[F-].[F-].[Rb+].[Rb+].[Rb+]. The number of hydrogen-bond acceptors (Lipinski definition) is 0. The fourth-order valence-corrected chi connectivity index (χ4v) is 0. The summed E-state index contributed by atoms with van der Waals surface area (Å²) in [5.41, 5.74) is 0. The van der Waals surface area contributed by atoms with Gasteiger partial charge in [0.1, 0.15) is 0 Å². The van der Waals surface area contributed by atoms with E-state index >= 15 is 0 Å². The molecule has 0 heterocycles. The maximum atomic E-state index is 0. The molecule has 6 heteroatoms. The first-order chi connectivity index (χ1) is 0. The van der Waals surface area contributed by atoms with Crippen molar-refractivity contribution < 1.29 is 189 Å². The largest absolute Gasteiger partial charge is 1.00 e. The third-order valence-electron chi connectivity index (χ3n) is 0. The third kappa shape index (κ3) is 22.9. The zero-order chi connectivity index (χ0) is 0. The van der Waals surface area contributed by atoms with Crippen LogP contribution in [0.15, 0.2) is 0 Å². The van der Waals surface area contributed by atoms with Crippen LogP contribution in [0.5, 0.6) is 0 Å². The number of halogens is 3. The van der Waals surface area contributed by atoms with Crippen molar-refractivity contribution in [3.8, 4) is 0 Å². The minimum atomic E-state index is 0. The average Bonchev–Trinajstić information content (AvgIpc) is 0. The predicted octanol–water partition coefficient (Wildman–Crippen LogP) is -18.0. The molecule has 0 atom stereocenters. The molecular formula is F3Rb3. The van der Waals surface area contributed by atoms with Gasteiger partial charge in [0.05, 0.1) is 0 Å². The van der Waals surface area contributed by atoms with E-state index in [1.54, 1.807) is 0 Å². The maximum Gasteiger partial charge on any atom is 1.00 e. The first kappa shape index (κ1) is 43.1. The van der Waals surface area contributed by atoms with Crippen molar-refractivity contribution in [3.05, 3.63) is 0 Å². The Morgan fingerprint density at radius 3 is 0.333 bits per heavy atom. The second-order valence-electron chi connectivity index (χ2n) is 0. The Morgan fingerprint density at radius 2 is 0.333 bits per heavy atom. The molecule has 0 N–H and O–H groups in total. The van der Waals surface area contributed by atoms with E-state index in [-0.39, 0.29) is 189 Å². The van der Waals surface area contributed by atoms with Gasteiger partial charge in [-0.2, -0.15) is 0 Å². The van der Waals surface area contributed by atoms with E-state index in [2.05, 4.69) is 0 Å². The molecule has 0 aromatic carbocycles. The van der Waals surface area contributed by atoms with Crippen LogP contribution in [0, 0.1) is 0 Å². The van der Waals surface area contributed by atoms with Crippen LogP contribution in [-0.4, -0.2) is 0 Å². The Morgan fingerprint density at radius 1 is 0.333 bits per heavy atom. The molecule has 0 spiro atoms. The van der Waals surface area contributed by atoms with Crippen LogP contribution in [-0.2, 0) is 0 Å². The van der Waals surface area contributed by atoms with Crippen molar-refractivity contribution in [1.82, 2.24) is 0 Å². The van der Waals surface area contributed by atoms with Gasteiger partial charge in [0.25, 0.3) is 0 Å². The Labute approximate surface area is 181 Å². The molecule has 0 rings (SSSR count). The molecule has 0 aliphatic carbocycles. The molecule has 0 bridgehead atoms. The zero-order valence-electron chi connectivity index (χ0n) is 4.13. The monoisotopic (exact) mass is 312 g/mol. The summed E-state index contributed by atoms with van der Waals surface area (Å²) >= 11 is 0. The van der Waals surface area contributed by atoms with E-state index in [1.807, 2.05) is 0 Å². The van der Waals surface area contributed by atoms with E-state index in [0.29, 0.717) is 0 Å². The van der Waals surface area contributed by atoms with Crippen LogP contribution < -0.4 is 189 Å². The van der Waals surface area contributed by atoms with Gasteiger partial charge in [-0.05, 0) is 0 Å². The Bertz CT molecular complexity index is 6.00. The van der Waals surface area contributed by atoms with Gasteiger partial charge >= 0.3 is 175 Å². The topological polar surface area (TPSA) is 0 Å². The third-order valence-corrected chi connectivity index (χ3v) is 0. The second-order valence-corrected chi connectivity index (χ2v) is 0. The number of rotatable bonds is 0. The van der Waals surface area contributed by atoms with E-state index < -0.39 is 0 Å². The summed E-state index contributed by atoms with van der Waals surface area (Å²) in [4.78, 5) is 0. The molecule has 0 aliphatic heterocycles. The van der Waals surface area contributed by atoms with Crippen molar-refractivity contribution in [2.45, 2.75) is 0 Å². The fraction of sp³-hybridized carbons (Fsp3) is 0. The standard InChI is InChI=1S/3FH.3Rb/h3*1H;;;/q;;;3*+1/p-3. The molecule has 0 unspecified atom stereocenters. The van der Waals surface area contributed by atoms with Crippen LogP contribution >= 0.6 is 0 Å². The van der Waals surface area contributed by atoms with E-state index in [0.717, 1.165) is 0 Å². The summed E-state index contributed by atoms with van der Waals surface area (Å²) in [5, 5.41) is 0. The van der Waals surface area contributed by atoms with Crippen molar-refractivity contribution in [1.29, 1.82) is 0 Å². The molecular weight excluding hydrogens is 313 g/mol. The second kappa shape index (κ2) is 31.9. The molecule has 24 valence electrons. The minimum absolute atomic E-state index is 0. The van der Waals surface area contributed by atoms with Crippen molar-refractivity contribution >= 4 is 0 Å². The molecule has 0 saturated carbocycles. The molecule has 0 amide bonds. The van der Waals surface area contributed by atoms with Crippen LogP contribution in [0.2, 0.25) is 0 Å². The van der Waals surface area contributed by atoms with Gasteiger partial charge in [0, 0.05) is 0 Å². The van der Waals surface area contributed by atoms with Crippen LogP contribution in [0.1, 0.15) is 0 Å². The summed E-state index contributed by atoms with van der Waals surface area (Å²) in [6.07, 6.45) is 0. The van der Waals surface area contributed by atoms with E-state index in [9.17, 15) is 0 Å². The van der Waals surface area contributed by atoms with Crippen molar-refractivity contribution in [3.63, 3.8) is 0 Å². The summed E-state index contributed by atoms with van der Waals surface area (Å²) < 4.78 is 0. The molecule has 0 aromatic heterocycles. The first-order valence-corrected chi connectivity index (χ1v) is 0. The van der Waals surface area contributed by atoms with E-state index in [1.165, 1.54) is 0 Å². The minimum Gasteiger partial charge on any atom is -1.00 e. The zero-order valence-corrected chi connectivity index (χ0v) is 18.9. The summed E-state index contributed by atoms with van der Waals surface area (Å²) in [6, 6.07) is 0. The van der Waals surface area contributed by atoms with Gasteiger partial charge in [-0.15, -0.1) is 0 Å². The van der Waals surface area contributed by atoms with Crippen LogP contribution in [0.25, 0.3) is 0 Å². The van der Waals surface area contributed by atoms with Gasteiger partial charge in [-0.1, -0.05) is 0 Å². The predicted molar refractivity (Wildman–Crippen MR) is 0 cm³/mol. The molecule has 0 fully saturated rings. The van der Waals surface area contributed by atoms with Gasteiger partial charge in [0.15, 0.2) is 0 Å². The fourth-order valence-electron chi connectivity index (χ4n) is 0. The Hall–Kier alpha value is 5.21. The summed E-state index contributed by atoms with van der Waals surface area (Å²) in [6.45, 7) is 0. The summed E-state index contributed by atoms with van der Waals surface area (Å²) in [7, 11) is 0. The molecule has 0 nitrogen and oxygen atoms in total. The molecule has 0 radical (unpaired) electrons. The van der Waals surface area contributed by atoms with Crippen molar-refractivity contribution in [2.75, 3.05) is 0 Å². The normalized spacial score (nSPS) is 0. The van der Waals surface area contributed by atoms with Crippen LogP contribution in [0.3, 0.4) is 0 Å². The van der Waals surface area contributed by atoms with Gasteiger partial charge in [-0.25, -0.2) is 0 Å². The quantitative estimate of drug-likeness (QED) is 0.417. The van der Waals surface area contributed by atoms with E-state index in [4.69, 9.17) is 0 Å². The molecule has 6 heavy (non-hydrogen) atoms. The smallest absolute Gasteiger partial charge is 1.00 e. The molecule has 0 aliphatic rings. The number of hydrogen-bond donors (Lipinski definition) is 0. The van der Waals surface area contributed by atoms with Gasteiger partial charge in [-0.3, -0.25) is 0 Å². The van der Waals surface area contributed by atoms with Gasteiger partial charge in [0.2, 0.25) is 0 Å². The molecule has 0 saturated heterocycles. The Kier molecular flexibility index (Phi) is 229. The molecule has 0 aromatic rings. The summed E-state index contributed by atoms with van der Waals surface area (Å²) in [5.74, 6) is 0. The van der Waals surface area contributed by atoms with Gasteiger partial charge < -0.3 is 14.1 Å². The Balaban J connectivity index is 0. The van der Waals surface area contributed by atoms with Crippen molar-refractivity contribution in [2.24, 2.45) is 0 Å². The first-order valence-electron chi connectivity index (χ1n) is 0. The maximum absolute atomic E-state index is 0. The average molecular weight is 313 g/mol.